The van der Waals surface area contributed by atoms with Gasteiger partial charge in [0.15, 0.2) is 0 Å². The quantitative estimate of drug-likeness (QED) is 0.104. The summed E-state index contributed by atoms with van der Waals surface area (Å²) in [6.45, 7) is 3.27. The fourth-order valence-corrected chi connectivity index (χ4v) is 5.33. The number of thioether (sulfide) groups is 1. The number of nitrogens with zero attached hydrogens (tertiary/aromatic N) is 2. The highest BCUT2D eigenvalue weighted by Gasteiger charge is 2.49. The van der Waals surface area contributed by atoms with Crippen molar-refractivity contribution in [1.29, 1.82) is 0 Å². The van der Waals surface area contributed by atoms with Gasteiger partial charge in [0, 0.05) is 27.9 Å². The highest BCUT2D eigenvalue weighted by atomic mass is 35.5. The van der Waals surface area contributed by atoms with Gasteiger partial charge in [0.25, 0.3) is 5.69 Å². The van der Waals surface area contributed by atoms with Crippen LogP contribution in [0, 0.1) is 10.1 Å². The van der Waals surface area contributed by atoms with Gasteiger partial charge in [0.05, 0.1) is 30.4 Å². The van der Waals surface area contributed by atoms with Crippen molar-refractivity contribution >= 4 is 64.4 Å². The number of non-ortho nitro benzene ring substituents is 1. The molecule has 1 heterocycles. The molecule has 0 spiro atoms. The van der Waals surface area contributed by atoms with Crippen LogP contribution in [0.3, 0.4) is 0 Å². The summed E-state index contributed by atoms with van der Waals surface area (Å²) in [4.78, 5) is 61.8. The summed E-state index contributed by atoms with van der Waals surface area (Å²) in [7, 11) is 0. The molecule has 0 saturated carbocycles. The molecule has 3 rings (SSSR count). The van der Waals surface area contributed by atoms with Gasteiger partial charge in [-0.15, -0.1) is 11.8 Å². The van der Waals surface area contributed by atoms with Crippen LogP contribution in [-0.4, -0.2) is 64.6 Å². The molecule has 0 aliphatic carbocycles. The molecular weight excluding hydrogens is 609 g/mol. The van der Waals surface area contributed by atoms with Crippen molar-refractivity contribution in [3.8, 4) is 0 Å². The van der Waals surface area contributed by atoms with Crippen LogP contribution in [0.15, 0.2) is 53.4 Å². The highest BCUT2D eigenvalue weighted by Crippen LogP contribution is 2.29. The molecule has 2 amide bonds. The van der Waals surface area contributed by atoms with Gasteiger partial charge >= 0.3 is 11.9 Å². The third-order valence-electron chi connectivity index (χ3n) is 6.19. The Bertz CT molecular complexity index is 1370. The number of hydrogen-bond donors (Lipinski definition) is 1. The number of nitro benzene ring substituents is 1. The summed E-state index contributed by atoms with van der Waals surface area (Å²) in [5.74, 6) is -1.49. The predicted octanol–water partition coefficient (Wildman–Crippen LogP) is 4.47. The fourth-order valence-electron chi connectivity index (χ4n) is 4.15. The van der Waals surface area contributed by atoms with Gasteiger partial charge in [-0.3, -0.25) is 29.3 Å². The van der Waals surface area contributed by atoms with Gasteiger partial charge in [-0.05, 0) is 66.3 Å². The lowest BCUT2D eigenvalue weighted by Crippen LogP contribution is -2.71. The molecule has 2 aromatic carbocycles. The van der Waals surface area contributed by atoms with Crippen LogP contribution in [0.2, 0.25) is 10.0 Å². The second-order valence-electron chi connectivity index (χ2n) is 9.24. The molecule has 224 valence electrons. The van der Waals surface area contributed by atoms with E-state index in [4.69, 9.17) is 32.7 Å². The second kappa shape index (κ2) is 15.6. The first-order chi connectivity index (χ1) is 20.0. The van der Waals surface area contributed by atoms with Crippen molar-refractivity contribution < 1.29 is 33.6 Å². The molecule has 1 aliphatic rings. The van der Waals surface area contributed by atoms with E-state index >= 15 is 0 Å². The summed E-state index contributed by atoms with van der Waals surface area (Å²) in [5, 5.41) is 16.1. The topological polar surface area (TPSA) is 145 Å². The standard InChI is InChI=1S/C28H29Cl2N3O8S/c1-3-40-24(35)10-11-42-16-17(2)27-26(31-23(34)13-19-12-20(29)6-9-22(19)30)28(37)32(27)14-25(36)41-15-18-4-7-21(8-5-18)33(38)39/h4-9,12,16,26-27H,3,10-11,13-15H2,1-2H3,(H,31,34). The van der Waals surface area contributed by atoms with Crippen LogP contribution < -0.4 is 5.32 Å². The van der Waals surface area contributed by atoms with Crippen LogP contribution in [0.25, 0.3) is 0 Å². The monoisotopic (exact) mass is 637 g/mol. The van der Waals surface area contributed by atoms with Gasteiger partial charge in [-0.1, -0.05) is 23.2 Å². The summed E-state index contributed by atoms with van der Waals surface area (Å²) in [6, 6.07) is 8.73. The average Bonchev–Trinajstić information content (AvgIpc) is 2.95. The Morgan fingerprint density at radius 1 is 1.12 bits per heavy atom. The number of β-lactam (4-membered cyclic amide) rings is 1. The average molecular weight is 639 g/mol. The first-order valence-corrected chi connectivity index (χ1v) is 14.7. The zero-order chi connectivity index (χ0) is 30.8. The van der Waals surface area contributed by atoms with E-state index < -0.39 is 34.8 Å². The molecule has 0 aromatic heterocycles. The number of esters is 2. The maximum Gasteiger partial charge on any atom is 0.326 e. The Morgan fingerprint density at radius 2 is 1.83 bits per heavy atom. The molecule has 2 atom stereocenters. The Morgan fingerprint density at radius 3 is 2.50 bits per heavy atom. The van der Waals surface area contributed by atoms with E-state index in [9.17, 15) is 29.3 Å². The van der Waals surface area contributed by atoms with Gasteiger partial charge < -0.3 is 19.7 Å². The molecule has 0 bridgehead atoms. The Labute approximate surface area is 256 Å². The Hall–Kier alpha value is -3.61. The summed E-state index contributed by atoms with van der Waals surface area (Å²) < 4.78 is 10.2. The van der Waals surface area contributed by atoms with E-state index in [-0.39, 0.29) is 37.6 Å². The lowest BCUT2D eigenvalue weighted by molar-refractivity contribution is -0.384. The number of hydrogen-bond acceptors (Lipinski definition) is 9. The second-order valence-corrected chi connectivity index (χ2v) is 11.1. The first-order valence-electron chi connectivity index (χ1n) is 12.9. The number of benzene rings is 2. The third-order valence-corrected chi connectivity index (χ3v) is 7.77. The number of ether oxygens (including phenoxy) is 2. The third kappa shape index (κ3) is 9.20. The zero-order valence-corrected chi connectivity index (χ0v) is 25.2. The highest BCUT2D eigenvalue weighted by molar-refractivity contribution is 8.02. The van der Waals surface area contributed by atoms with Crippen LogP contribution >= 0.6 is 35.0 Å². The number of carbonyl (C=O) groups is 4. The lowest BCUT2D eigenvalue weighted by atomic mass is 9.89. The van der Waals surface area contributed by atoms with Crippen molar-refractivity contribution in [3.05, 3.63) is 84.7 Å². The van der Waals surface area contributed by atoms with Crippen molar-refractivity contribution in [3.63, 3.8) is 0 Å². The minimum absolute atomic E-state index is 0.0906. The molecule has 14 heteroatoms. The normalized spacial score (nSPS) is 16.4. The molecule has 11 nitrogen and oxygen atoms in total. The van der Waals surface area contributed by atoms with Crippen LogP contribution in [0.1, 0.15) is 31.4 Å². The zero-order valence-electron chi connectivity index (χ0n) is 22.8. The molecule has 2 unspecified atom stereocenters. The number of nitrogens with one attached hydrogen (secondary N) is 1. The molecule has 1 N–H and O–H groups in total. The number of nitro groups is 1. The summed E-state index contributed by atoms with van der Waals surface area (Å²) >= 11 is 13.5. The first kappa shape index (κ1) is 32.9. The van der Waals surface area contributed by atoms with Crippen molar-refractivity contribution in [2.75, 3.05) is 18.9 Å². The van der Waals surface area contributed by atoms with E-state index in [0.29, 0.717) is 39.1 Å². The molecule has 1 saturated heterocycles. The van der Waals surface area contributed by atoms with Crippen LogP contribution in [-0.2, 0) is 41.7 Å². The molecule has 0 radical (unpaired) electrons. The summed E-state index contributed by atoms with van der Waals surface area (Å²) in [5.41, 5.74) is 1.64. The number of carbonyl (C=O) groups excluding carboxylic acids is 4. The van der Waals surface area contributed by atoms with E-state index in [1.807, 2.05) is 0 Å². The Kier molecular flexibility index (Phi) is 12.2. The molecule has 42 heavy (non-hydrogen) atoms. The Balaban J connectivity index is 1.66. The van der Waals surface area contributed by atoms with E-state index in [2.05, 4.69) is 5.32 Å². The number of halogens is 2. The maximum atomic E-state index is 13.1. The predicted molar refractivity (Wildman–Crippen MR) is 158 cm³/mol. The van der Waals surface area contributed by atoms with Crippen LogP contribution in [0.4, 0.5) is 5.69 Å². The molecule has 1 fully saturated rings. The van der Waals surface area contributed by atoms with Gasteiger partial charge in [0.2, 0.25) is 11.8 Å². The lowest BCUT2D eigenvalue weighted by Gasteiger charge is -2.47. The number of rotatable bonds is 14. The van der Waals surface area contributed by atoms with Crippen molar-refractivity contribution in [2.24, 2.45) is 0 Å². The summed E-state index contributed by atoms with van der Waals surface area (Å²) in [6.07, 6.45) is 0.0926. The SMILES string of the molecule is CCOC(=O)CCSC=C(C)C1C(NC(=O)Cc2cc(Cl)ccc2Cl)C(=O)N1CC(=O)OCc1ccc([N+](=O)[O-])cc1. The minimum Gasteiger partial charge on any atom is -0.466 e. The molecule has 2 aromatic rings. The minimum atomic E-state index is -0.931. The van der Waals surface area contributed by atoms with Crippen molar-refractivity contribution in [1.82, 2.24) is 10.2 Å². The van der Waals surface area contributed by atoms with E-state index in [0.717, 1.165) is 0 Å². The van der Waals surface area contributed by atoms with Crippen LogP contribution in [0.5, 0.6) is 0 Å². The van der Waals surface area contributed by atoms with E-state index in [1.165, 1.54) is 40.9 Å². The molecule has 1 aliphatic heterocycles. The van der Waals surface area contributed by atoms with Gasteiger partial charge in [-0.2, -0.15) is 0 Å². The maximum absolute atomic E-state index is 13.1. The van der Waals surface area contributed by atoms with Gasteiger partial charge in [-0.25, -0.2) is 0 Å². The largest absolute Gasteiger partial charge is 0.466 e. The number of amides is 2. The van der Waals surface area contributed by atoms with Gasteiger partial charge in [0.1, 0.15) is 19.2 Å². The fraction of sp³-hybridized carbons (Fsp3) is 0.357. The number of likely N-dealkylation sites (tertiary alicyclic amines) is 1. The van der Waals surface area contributed by atoms with Crippen molar-refractivity contribution in [2.45, 2.75) is 45.4 Å². The van der Waals surface area contributed by atoms with E-state index in [1.54, 1.807) is 37.5 Å². The smallest absolute Gasteiger partial charge is 0.326 e. The molecular formula is C28H29Cl2N3O8S.